The summed E-state index contributed by atoms with van der Waals surface area (Å²) in [6.07, 6.45) is 0.750. The average Bonchev–Trinajstić information content (AvgIpc) is 2.41. The summed E-state index contributed by atoms with van der Waals surface area (Å²) in [5.41, 5.74) is 8.88. The van der Waals surface area contributed by atoms with E-state index in [0.29, 0.717) is 6.54 Å². The molecule has 2 N–H and O–H groups in total. The molecule has 0 amide bonds. The molecule has 0 aliphatic heterocycles. The summed E-state index contributed by atoms with van der Waals surface area (Å²) in [6, 6.07) is 18.6. The van der Waals surface area contributed by atoms with Gasteiger partial charge in [-0.1, -0.05) is 54.3 Å². The quantitative estimate of drug-likeness (QED) is 0.775. The van der Waals surface area contributed by atoms with Gasteiger partial charge >= 0.3 is 0 Å². The minimum Gasteiger partial charge on any atom is -0.330 e. The molecule has 0 spiro atoms. The van der Waals surface area contributed by atoms with Crippen molar-refractivity contribution < 1.29 is 0 Å². The first-order valence-electron chi connectivity index (χ1n) is 5.74. The molecule has 17 heavy (non-hydrogen) atoms. The molecule has 84 valence electrons. The lowest BCUT2D eigenvalue weighted by atomic mass is 10.0. The fraction of sp³-hybridized carbons (Fsp3) is 0.125. The van der Waals surface area contributed by atoms with Gasteiger partial charge in [-0.2, -0.15) is 0 Å². The summed E-state index contributed by atoms with van der Waals surface area (Å²) < 4.78 is 0. The van der Waals surface area contributed by atoms with Gasteiger partial charge in [0.05, 0.1) is 0 Å². The van der Waals surface area contributed by atoms with Gasteiger partial charge in [-0.25, -0.2) is 0 Å². The van der Waals surface area contributed by atoms with E-state index >= 15 is 0 Å². The Hall–Kier alpha value is -2.04. The monoisotopic (exact) mass is 221 g/mol. The minimum absolute atomic E-state index is 0.620. The molecule has 0 bridgehead atoms. The fourth-order valence-electron chi connectivity index (χ4n) is 1.61. The summed E-state index contributed by atoms with van der Waals surface area (Å²) in [7, 11) is 0. The SMILES string of the molecule is NCCC#Cc1ccc(-c2ccccc2)cc1. The minimum atomic E-state index is 0.620. The molecule has 0 heterocycles. The molecule has 2 rings (SSSR count). The van der Waals surface area contributed by atoms with Crippen molar-refractivity contribution in [3.05, 3.63) is 60.2 Å². The van der Waals surface area contributed by atoms with E-state index in [1.807, 2.05) is 30.3 Å². The van der Waals surface area contributed by atoms with Gasteiger partial charge in [-0.3, -0.25) is 0 Å². The number of nitrogens with two attached hydrogens (primary N) is 1. The van der Waals surface area contributed by atoms with Crippen LogP contribution in [0.1, 0.15) is 12.0 Å². The molecule has 0 atom stereocenters. The van der Waals surface area contributed by atoms with Crippen molar-refractivity contribution in [3.8, 4) is 23.0 Å². The molecule has 0 unspecified atom stereocenters. The lowest BCUT2D eigenvalue weighted by Gasteiger charge is -2.00. The normalized spacial score (nSPS) is 9.47. The third kappa shape index (κ3) is 3.21. The highest BCUT2D eigenvalue weighted by molar-refractivity contribution is 5.64. The lowest BCUT2D eigenvalue weighted by Crippen LogP contribution is -1.95. The van der Waals surface area contributed by atoms with Crippen LogP contribution in [0.3, 0.4) is 0 Å². The third-order valence-electron chi connectivity index (χ3n) is 2.49. The zero-order valence-corrected chi connectivity index (χ0v) is 9.69. The van der Waals surface area contributed by atoms with E-state index in [1.165, 1.54) is 11.1 Å². The van der Waals surface area contributed by atoms with Crippen LogP contribution in [0.2, 0.25) is 0 Å². The zero-order valence-electron chi connectivity index (χ0n) is 9.69. The van der Waals surface area contributed by atoms with Crippen LogP contribution in [-0.2, 0) is 0 Å². The summed E-state index contributed by atoms with van der Waals surface area (Å²) in [6.45, 7) is 0.620. The van der Waals surface area contributed by atoms with Gasteiger partial charge in [0.25, 0.3) is 0 Å². The molecular weight excluding hydrogens is 206 g/mol. The van der Waals surface area contributed by atoms with Gasteiger partial charge < -0.3 is 5.73 Å². The molecule has 0 aliphatic rings. The van der Waals surface area contributed by atoms with Crippen LogP contribution in [-0.4, -0.2) is 6.54 Å². The largest absolute Gasteiger partial charge is 0.330 e. The van der Waals surface area contributed by atoms with Crippen molar-refractivity contribution in [1.82, 2.24) is 0 Å². The Labute approximate surface area is 102 Å². The molecule has 0 aromatic heterocycles. The second kappa shape index (κ2) is 5.89. The van der Waals surface area contributed by atoms with Gasteiger partial charge in [0.15, 0.2) is 0 Å². The van der Waals surface area contributed by atoms with E-state index < -0.39 is 0 Å². The first-order valence-corrected chi connectivity index (χ1v) is 5.74. The van der Waals surface area contributed by atoms with E-state index in [4.69, 9.17) is 5.73 Å². The summed E-state index contributed by atoms with van der Waals surface area (Å²) in [4.78, 5) is 0. The van der Waals surface area contributed by atoms with Gasteiger partial charge in [0.1, 0.15) is 0 Å². The Balaban J connectivity index is 2.17. The van der Waals surface area contributed by atoms with Gasteiger partial charge in [0, 0.05) is 18.5 Å². The topological polar surface area (TPSA) is 26.0 Å². The summed E-state index contributed by atoms with van der Waals surface area (Å²) in [5.74, 6) is 6.13. The van der Waals surface area contributed by atoms with E-state index in [0.717, 1.165) is 12.0 Å². The molecule has 0 radical (unpaired) electrons. The molecule has 0 aliphatic carbocycles. The van der Waals surface area contributed by atoms with Crippen LogP contribution < -0.4 is 5.73 Å². The van der Waals surface area contributed by atoms with Crippen LogP contribution >= 0.6 is 0 Å². The van der Waals surface area contributed by atoms with Crippen LogP contribution in [0.5, 0.6) is 0 Å². The predicted octanol–water partition coefficient (Wildman–Crippen LogP) is 3.05. The standard InChI is InChI=1S/C16H15N/c17-13-5-4-6-14-9-11-16(12-10-14)15-7-2-1-3-8-15/h1-3,7-12H,5,13,17H2. The van der Waals surface area contributed by atoms with Gasteiger partial charge in [-0.15, -0.1) is 0 Å². The van der Waals surface area contributed by atoms with Crippen molar-refractivity contribution in [2.24, 2.45) is 5.73 Å². The number of hydrogen-bond donors (Lipinski definition) is 1. The maximum atomic E-state index is 5.39. The van der Waals surface area contributed by atoms with Crippen molar-refractivity contribution in [3.63, 3.8) is 0 Å². The Morgan fingerprint density at radius 1 is 0.824 bits per heavy atom. The Kier molecular flexibility index (Phi) is 3.96. The van der Waals surface area contributed by atoms with Crippen LogP contribution in [0.15, 0.2) is 54.6 Å². The van der Waals surface area contributed by atoms with Crippen molar-refractivity contribution in [1.29, 1.82) is 0 Å². The highest BCUT2D eigenvalue weighted by atomic mass is 14.5. The van der Waals surface area contributed by atoms with E-state index in [1.54, 1.807) is 0 Å². The number of hydrogen-bond acceptors (Lipinski definition) is 1. The third-order valence-corrected chi connectivity index (χ3v) is 2.49. The lowest BCUT2D eigenvalue weighted by molar-refractivity contribution is 1.03. The second-order valence-corrected chi connectivity index (χ2v) is 3.78. The maximum Gasteiger partial charge on any atom is 0.0245 e. The highest BCUT2D eigenvalue weighted by Crippen LogP contribution is 2.18. The fourth-order valence-corrected chi connectivity index (χ4v) is 1.61. The summed E-state index contributed by atoms with van der Waals surface area (Å²) >= 11 is 0. The van der Waals surface area contributed by atoms with Crippen molar-refractivity contribution in [2.75, 3.05) is 6.54 Å². The van der Waals surface area contributed by atoms with Crippen LogP contribution in [0.4, 0.5) is 0 Å². The van der Waals surface area contributed by atoms with Crippen LogP contribution in [0.25, 0.3) is 11.1 Å². The number of benzene rings is 2. The second-order valence-electron chi connectivity index (χ2n) is 3.78. The molecule has 0 fully saturated rings. The molecule has 0 saturated heterocycles. The van der Waals surface area contributed by atoms with E-state index in [-0.39, 0.29) is 0 Å². The zero-order chi connectivity index (χ0) is 11.9. The molecular formula is C16H15N. The average molecular weight is 221 g/mol. The Bertz CT molecular complexity index is 515. The molecule has 2 aromatic carbocycles. The molecule has 2 aromatic rings. The Morgan fingerprint density at radius 2 is 1.47 bits per heavy atom. The highest BCUT2D eigenvalue weighted by Gasteiger charge is 1.95. The van der Waals surface area contributed by atoms with Crippen LogP contribution in [0, 0.1) is 11.8 Å². The Morgan fingerprint density at radius 3 is 2.12 bits per heavy atom. The van der Waals surface area contributed by atoms with E-state index in [9.17, 15) is 0 Å². The first-order chi connectivity index (χ1) is 8.40. The number of rotatable bonds is 2. The smallest absolute Gasteiger partial charge is 0.0245 e. The molecule has 0 saturated carbocycles. The van der Waals surface area contributed by atoms with Gasteiger partial charge in [-0.05, 0) is 23.3 Å². The van der Waals surface area contributed by atoms with Crippen molar-refractivity contribution >= 4 is 0 Å². The van der Waals surface area contributed by atoms with Crippen molar-refractivity contribution in [2.45, 2.75) is 6.42 Å². The maximum absolute atomic E-state index is 5.39. The van der Waals surface area contributed by atoms with E-state index in [2.05, 4.69) is 36.1 Å². The predicted molar refractivity (Wildman–Crippen MR) is 72.4 cm³/mol. The summed E-state index contributed by atoms with van der Waals surface area (Å²) in [5, 5.41) is 0. The molecule has 1 nitrogen and oxygen atoms in total. The molecule has 1 heteroatoms. The van der Waals surface area contributed by atoms with Gasteiger partial charge in [0.2, 0.25) is 0 Å². The first kappa shape index (κ1) is 11.4.